The van der Waals surface area contributed by atoms with Gasteiger partial charge in [-0.1, -0.05) is 19.9 Å². The summed E-state index contributed by atoms with van der Waals surface area (Å²) in [6.07, 6.45) is 0. The molecule has 6 heteroatoms. The number of hydrogen-bond donors (Lipinski definition) is 2. The molecule has 3 N–H and O–H groups in total. The molecule has 116 valence electrons. The van der Waals surface area contributed by atoms with Crippen molar-refractivity contribution in [2.45, 2.75) is 26.8 Å². The smallest absolute Gasteiger partial charge is 0.336 e. The summed E-state index contributed by atoms with van der Waals surface area (Å²) in [7, 11) is 0. The number of aryl methyl sites for hydroxylation is 1. The highest BCUT2D eigenvalue weighted by Gasteiger charge is 2.20. The first kappa shape index (κ1) is 15.9. The lowest BCUT2D eigenvalue weighted by Gasteiger charge is -2.14. The Balaban J connectivity index is 2.29. The second-order valence-electron chi connectivity index (χ2n) is 5.55. The number of amides is 2. The Morgan fingerprint density at radius 3 is 2.55 bits per heavy atom. The molecule has 0 spiro atoms. The summed E-state index contributed by atoms with van der Waals surface area (Å²) >= 11 is 0. The van der Waals surface area contributed by atoms with Gasteiger partial charge in [-0.3, -0.25) is 14.9 Å². The lowest BCUT2D eigenvalue weighted by Crippen LogP contribution is -2.46. The van der Waals surface area contributed by atoms with E-state index in [1.807, 2.05) is 0 Å². The Morgan fingerprint density at radius 2 is 1.91 bits per heavy atom. The Kier molecular flexibility index (Phi) is 4.42. The molecule has 0 unspecified atom stereocenters. The standard InChI is InChI=1S/C16H18N2O4/c1-8(2)14(17)16(21)18-15(20)10-4-5-11-9(3)6-13(19)22-12(11)7-10/h4-8,14H,17H2,1-3H3,(H,18,20,21)/t14-/m0/s1. The number of hydrogen-bond acceptors (Lipinski definition) is 5. The molecule has 1 heterocycles. The number of benzene rings is 1. The molecule has 0 radical (unpaired) electrons. The Bertz CT molecular complexity index is 792. The largest absolute Gasteiger partial charge is 0.423 e. The minimum Gasteiger partial charge on any atom is -0.423 e. The number of rotatable bonds is 3. The summed E-state index contributed by atoms with van der Waals surface area (Å²) in [6, 6.07) is 5.30. The molecular weight excluding hydrogens is 284 g/mol. The van der Waals surface area contributed by atoms with Gasteiger partial charge in [0.15, 0.2) is 0 Å². The van der Waals surface area contributed by atoms with E-state index < -0.39 is 23.5 Å². The molecule has 0 aliphatic rings. The van der Waals surface area contributed by atoms with Crippen molar-refractivity contribution in [3.05, 3.63) is 45.8 Å². The molecule has 2 amide bonds. The van der Waals surface area contributed by atoms with Crippen LogP contribution in [0.4, 0.5) is 0 Å². The SMILES string of the molecule is Cc1cc(=O)oc2cc(C(=O)NC(=O)[C@@H](N)C(C)C)ccc12. The predicted molar refractivity (Wildman–Crippen MR) is 82.5 cm³/mol. The highest BCUT2D eigenvalue weighted by Crippen LogP contribution is 2.18. The van der Waals surface area contributed by atoms with Crippen LogP contribution in [0.1, 0.15) is 29.8 Å². The topological polar surface area (TPSA) is 102 Å². The van der Waals surface area contributed by atoms with E-state index in [1.54, 1.807) is 32.9 Å². The van der Waals surface area contributed by atoms with Crippen molar-refractivity contribution < 1.29 is 14.0 Å². The highest BCUT2D eigenvalue weighted by atomic mass is 16.4. The number of imide groups is 1. The molecular formula is C16H18N2O4. The number of nitrogens with two attached hydrogens (primary N) is 1. The zero-order chi connectivity index (χ0) is 16.4. The first-order valence-electron chi connectivity index (χ1n) is 6.95. The van der Waals surface area contributed by atoms with Crippen LogP contribution >= 0.6 is 0 Å². The van der Waals surface area contributed by atoms with Crippen LogP contribution in [0.15, 0.2) is 33.5 Å². The van der Waals surface area contributed by atoms with Gasteiger partial charge in [-0.25, -0.2) is 4.79 Å². The van der Waals surface area contributed by atoms with Crippen molar-refractivity contribution in [1.82, 2.24) is 5.32 Å². The maximum absolute atomic E-state index is 12.1. The van der Waals surface area contributed by atoms with E-state index in [4.69, 9.17) is 10.2 Å². The number of carbonyl (C=O) groups is 2. The maximum Gasteiger partial charge on any atom is 0.336 e. The van der Waals surface area contributed by atoms with E-state index in [-0.39, 0.29) is 11.5 Å². The van der Waals surface area contributed by atoms with Crippen LogP contribution in [0.3, 0.4) is 0 Å². The van der Waals surface area contributed by atoms with Gasteiger partial charge in [0.2, 0.25) is 5.91 Å². The summed E-state index contributed by atoms with van der Waals surface area (Å²) in [6.45, 7) is 5.37. The molecule has 6 nitrogen and oxygen atoms in total. The van der Waals surface area contributed by atoms with E-state index in [2.05, 4.69) is 5.32 Å². The molecule has 0 saturated carbocycles. The van der Waals surface area contributed by atoms with Gasteiger partial charge < -0.3 is 10.2 Å². The van der Waals surface area contributed by atoms with Gasteiger partial charge in [0.1, 0.15) is 5.58 Å². The lowest BCUT2D eigenvalue weighted by atomic mass is 10.0. The molecule has 1 aromatic heterocycles. The normalized spacial score (nSPS) is 12.4. The fourth-order valence-corrected chi connectivity index (χ4v) is 2.04. The maximum atomic E-state index is 12.1. The monoisotopic (exact) mass is 302 g/mol. The van der Waals surface area contributed by atoms with Gasteiger partial charge in [0.05, 0.1) is 6.04 Å². The second-order valence-corrected chi connectivity index (χ2v) is 5.55. The molecule has 0 saturated heterocycles. The van der Waals surface area contributed by atoms with Crippen LogP contribution < -0.4 is 16.7 Å². The molecule has 0 aliphatic heterocycles. The minimum absolute atomic E-state index is 0.0786. The van der Waals surface area contributed by atoms with Gasteiger partial charge in [0.25, 0.3) is 5.91 Å². The van der Waals surface area contributed by atoms with Crippen molar-refractivity contribution in [2.75, 3.05) is 0 Å². The van der Waals surface area contributed by atoms with Crippen molar-refractivity contribution >= 4 is 22.8 Å². The van der Waals surface area contributed by atoms with Gasteiger partial charge in [-0.2, -0.15) is 0 Å². The highest BCUT2D eigenvalue weighted by molar-refractivity contribution is 6.07. The van der Waals surface area contributed by atoms with Crippen LogP contribution in [0.5, 0.6) is 0 Å². The van der Waals surface area contributed by atoms with E-state index >= 15 is 0 Å². The number of nitrogens with one attached hydrogen (secondary N) is 1. The van der Waals surface area contributed by atoms with E-state index in [9.17, 15) is 14.4 Å². The van der Waals surface area contributed by atoms with E-state index in [1.165, 1.54) is 12.1 Å². The third-order valence-electron chi connectivity index (χ3n) is 3.47. The van der Waals surface area contributed by atoms with Crippen molar-refractivity contribution in [2.24, 2.45) is 11.7 Å². The van der Waals surface area contributed by atoms with Gasteiger partial charge in [-0.05, 0) is 30.5 Å². The molecule has 22 heavy (non-hydrogen) atoms. The number of carbonyl (C=O) groups excluding carboxylic acids is 2. The average Bonchev–Trinajstić information content (AvgIpc) is 2.45. The quantitative estimate of drug-likeness (QED) is 0.833. The third-order valence-corrected chi connectivity index (χ3v) is 3.47. The van der Waals surface area contributed by atoms with Crippen LogP contribution in [0.25, 0.3) is 11.0 Å². The van der Waals surface area contributed by atoms with Crippen LogP contribution in [0, 0.1) is 12.8 Å². The Labute approximate surface area is 127 Å². The summed E-state index contributed by atoms with van der Waals surface area (Å²) in [5.41, 5.74) is 6.50. The van der Waals surface area contributed by atoms with Crippen molar-refractivity contribution in [1.29, 1.82) is 0 Å². The molecule has 2 rings (SSSR count). The third kappa shape index (κ3) is 3.23. The van der Waals surface area contributed by atoms with Crippen molar-refractivity contribution in [3.63, 3.8) is 0 Å². The summed E-state index contributed by atoms with van der Waals surface area (Å²) in [5.74, 6) is -1.19. The summed E-state index contributed by atoms with van der Waals surface area (Å²) in [4.78, 5) is 35.3. The van der Waals surface area contributed by atoms with Crippen molar-refractivity contribution in [3.8, 4) is 0 Å². The predicted octanol–water partition coefficient (Wildman–Crippen LogP) is 1.34. The van der Waals surface area contributed by atoms with E-state index in [0.29, 0.717) is 5.58 Å². The first-order chi connectivity index (χ1) is 10.3. The van der Waals surface area contributed by atoms with Gasteiger partial charge >= 0.3 is 5.63 Å². The average molecular weight is 302 g/mol. The molecule has 0 fully saturated rings. The molecule has 1 atom stereocenters. The zero-order valence-corrected chi connectivity index (χ0v) is 12.7. The zero-order valence-electron chi connectivity index (χ0n) is 12.7. The lowest BCUT2D eigenvalue weighted by molar-refractivity contribution is -0.122. The Hall–Kier alpha value is -2.47. The Morgan fingerprint density at radius 1 is 1.23 bits per heavy atom. The molecule has 1 aromatic carbocycles. The van der Waals surface area contributed by atoms with Crippen LogP contribution in [-0.4, -0.2) is 17.9 Å². The summed E-state index contributed by atoms with van der Waals surface area (Å²) < 4.78 is 5.08. The van der Waals surface area contributed by atoms with Crippen LogP contribution in [0.2, 0.25) is 0 Å². The summed E-state index contributed by atoms with van der Waals surface area (Å²) in [5, 5.41) is 2.99. The first-order valence-corrected chi connectivity index (χ1v) is 6.95. The number of fused-ring (bicyclic) bond motifs is 1. The van der Waals surface area contributed by atoms with Gasteiger partial charge in [-0.15, -0.1) is 0 Å². The van der Waals surface area contributed by atoms with Gasteiger partial charge in [0, 0.05) is 17.0 Å². The second kappa shape index (κ2) is 6.11. The fourth-order valence-electron chi connectivity index (χ4n) is 2.04. The molecule has 0 aliphatic carbocycles. The van der Waals surface area contributed by atoms with Crippen LogP contribution in [-0.2, 0) is 4.79 Å². The molecule has 0 bridgehead atoms. The minimum atomic E-state index is -0.760. The fraction of sp³-hybridized carbons (Fsp3) is 0.312. The van der Waals surface area contributed by atoms with E-state index in [0.717, 1.165) is 10.9 Å². The molecule has 2 aromatic rings.